The third-order valence-corrected chi connectivity index (χ3v) is 2.90. The first kappa shape index (κ1) is 14.3. The molecule has 98 valence electrons. The highest BCUT2D eigenvalue weighted by molar-refractivity contribution is 7.80. The van der Waals surface area contributed by atoms with E-state index < -0.39 is 0 Å². The van der Waals surface area contributed by atoms with Crippen molar-refractivity contribution >= 4 is 23.1 Å². The zero-order chi connectivity index (χ0) is 12.7. The quantitative estimate of drug-likeness (QED) is 0.531. The number of amides is 1. The summed E-state index contributed by atoms with van der Waals surface area (Å²) in [6.07, 6.45) is 0.475. The standard InChI is InChI=1S/C11H21N3O2S/c1-2-16-8-3-11(15)14-6-4-13(5-7-14)9-10(12)17/h2-9H2,1H3,(H2,12,17). The van der Waals surface area contributed by atoms with E-state index in [9.17, 15) is 4.79 Å². The molecule has 1 amide bonds. The maximum absolute atomic E-state index is 11.8. The lowest BCUT2D eigenvalue weighted by Crippen LogP contribution is -2.50. The first-order valence-electron chi connectivity index (χ1n) is 5.99. The van der Waals surface area contributed by atoms with Crippen LogP contribution in [0.3, 0.4) is 0 Å². The van der Waals surface area contributed by atoms with E-state index in [4.69, 9.17) is 22.7 Å². The number of nitrogens with zero attached hydrogens (tertiary/aromatic N) is 2. The largest absolute Gasteiger partial charge is 0.392 e. The molecule has 1 heterocycles. The van der Waals surface area contributed by atoms with Gasteiger partial charge in [0, 0.05) is 39.3 Å². The number of hydrogen-bond donors (Lipinski definition) is 1. The van der Waals surface area contributed by atoms with E-state index in [1.165, 1.54) is 0 Å². The molecule has 2 N–H and O–H groups in total. The van der Waals surface area contributed by atoms with Gasteiger partial charge in [0.15, 0.2) is 0 Å². The maximum Gasteiger partial charge on any atom is 0.224 e. The van der Waals surface area contributed by atoms with Crippen molar-refractivity contribution in [1.29, 1.82) is 0 Å². The van der Waals surface area contributed by atoms with E-state index in [0.29, 0.717) is 31.2 Å². The third kappa shape index (κ3) is 5.43. The fourth-order valence-electron chi connectivity index (χ4n) is 1.84. The fraction of sp³-hybridized carbons (Fsp3) is 0.818. The van der Waals surface area contributed by atoms with Crippen molar-refractivity contribution in [3.63, 3.8) is 0 Å². The van der Waals surface area contributed by atoms with Gasteiger partial charge in [-0.1, -0.05) is 12.2 Å². The number of rotatable bonds is 6. The van der Waals surface area contributed by atoms with Crippen molar-refractivity contribution in [1.82, 2.24) is 9.80 Å². The molecule has 0 aromatic carbocycles. The molecular weight excluding hydrogens is 238 g/mol. The van der Waals surface area contributed by atoms with Gasteiger partial charge in [-0.15, -0.1) is 0 Å². The Hall–Kier alpha value is -0.720. The Morgan fingerprint density at radius 3 is 2.53 bits per heavy atom. The van der Waals surface area contributed by atoms with Crippen LogP contribution in [0.25, 0.3) is 0 Å². The topological polar surface area (TPSA) is 58.8 Å². The molecular formula is C11H21N3O2S. The first-order valence-corrected chi connectivity index (χ1v) is 6.40. The summed E-state index contributed by atoms with van der Waals surface area (Å²) in [5, 5.41) is 0. The average molecular weight is 259 g/mol. The molecule has 1 aliphatic heterocycles. The Kier molecular flexibility index (Phi) is 6.39. The van der Waals surface area contributed by atoms with Gasteiger partial charge in [-0.05, 0) is 6.92 Å². The highest BCUT2D eigenvalue weighted by atomic mass is 32.1. The summed E-state index contributed by atoms with van der Waals surface area (Å²) in [5.74, 6) is 0.174. The van der Waals surface area contributed by atoms with Crippen LogP contribution in [0, 0.1) is 0 Å². The minimum Gasteiger partial charge on any atom is -0.392 e. The highest BCUT2D eigenvalue weighted by Gasteiger charge is 2.20. The number of carbonyl (C=O) groups is 1. The highest BCUT2D eigenvalue weighted by Crippen LogP contribution is 2.03. The number of carbonyl (C=O) groups excluding carboxylic acids is 1. The van der Waals surface area contributed by atoms with Gasteiger partial charge in [0.2, 0.25) is 5.91 Å². The van der Waals surface area contributed by atoms with Crippen LogP contribution in [0.15, 0.2) is 0 Å². The molecule has 0 unspecified atom stereocenters. The van der Waals surface area contributed by atoms with Gasteiger partial charge in [0.25, 0.3) is 0 Å². The molecule has 1 rings (SSSR count). The summed E-state index contributed by atoms with van der Waals surface area (Å²) < 4.78 is 5.18. The van der Waals surface area contributed by atoms with Gasteiger partial charge in [0.05, 0.1) is 18.0 Å². The second-order valence-corrected chi connectivity index (χ2v) is 4.59. The second kappa shape index (κ2) is 7.58. The number of piperazine rings is 1. The maximum atomic E-state index is 11.8. The van der Waals surface area contributed by atoms with Gasteiger partial charge in [-0.25, -0.2) is 0 Å². The smallest absolute Gasteiger partial charge is 0.224 e. The minimum atomic E-state index is 0.174. The summed E-state index contributed by atoms with van der Waals surface area (Å²) in [4.78, 5) is 16.4. The number of nitrogens with two attached hydrogens (primary N) is 1. The van der Waals surface area contributed by atoms with Gasteiger partial charge in [-0.3, -0.25) is 9.69 Å². The Balaban J connectivity index is 2.21. The number of hydrogen-bond acceptors (Lipinski definition) is 4. The lowest BCUT2D eigenvalue weighted by atomic mass is 10.3. The SMILES string of the molecule is CCOCCC(=O)N1CCN(CC(N)=S)CC1. The molecule has 1 saturated heterocycles. The number of thiocarbonyl (C=S) groups is 1. The van der Waals surface area contributed by atoms with Crippen LogP contribution in [0.1, 0.15) is 13.3 Å². The Bertz CT molecular complexity index is 265. The van der Waals surface area contributed by atoms with E-state index in [1.54, 1.807) is 0 Å². The van der Waals surface area contributed by atoms with E-state index in [0.717, 1.165) is 26.2 Å². The van der Waals surface area contributed by atoms with E-state index >= 15 is 0 Å². The monoisotopic (exact) mass is 259 g/mol. The normalized spacial score (nSPS) is 17.1. The van der Waals surface area contributed by atoms with Crippen LogP contribution in [0.5, 0.6) is 0 Å². The molecule has 5 nitrogen and oxygen atoms in total. The second-order valence-electron chi connectivity index (χ2n) is 4.07. The molecule has 1 aliphatic rings. The van der Waals surface area contributed by atoms with Gasteiger partial charge in [0.1, 0.15) is 0 Å². The predicted octanol–water partition coefficient (Wildman–Crippen LogP) is -0.157. The molecule has 0 aromatic heterocycles. The molecule has 0 spiro atoms. The van der Waals surface area contributed by atoms with Crippen molar-refractivity contribution in [3.8, 4) is 0 Å². The van der Waals surface area contributed by atoms with Crippen molar-refractivity contribution in [3.05, 3.63) is 0 Å². The van der Waals surface area contributed by atoms with Crippen LogP contribution >= 0.6 is 12.2 Å². The van der Waals surface area contributed by atoms with Gasteiger partial charge >= 0.3 is 0 Å². The van der Waals surface area contributed by atoms with E-state index in [2.05, 4.69) is 4.90 Å². The Labute approximate surface area is 108 Å². The molecule has 0 radical (unpaired) electrons. The van der Waals surface area contributed by atoms with Crippen molar-refractivity contribution in [2.24, 2.45) is 5.73 Å². The lowest BCUT2D eigenvalue weighted by Gasteiger charge is -2.34. The molecule has 0 aliphatic carbocycles. The fourth-order valence-corrected chi connectivity index (χ4v) is 2.02. The predicted molar refractivity (Wildman–Crippen MR) is 70.9 cm³/mol. The van der Waals surface area contributed by atoms with Crippen LogP contribution < -0.4 is 5.73 Å². The Morgan fingerprint density at radius 1 is 1.35 bits per heavy atom. The summed E-state index contributed by atoms with van der Waals surface area (Å²) in [6, 6.07) is 0. The molecule has 0 saturated carbocycles. The molecule has 6 heteroatoms. The average Bonchev–Trinajstić information content (AvgIpc) is 2.29. The molecule has 0 aromatic rings. The number of ether oxygens (including phenoxy) is 1. The van der Waals surface area contributed by atoms with Crippen molar-refractivity contribution in [2.75, 3.05) is 45.9 Å². The van der Waals surface area contributed by atoms with Crippen LogP contribution in [-0.2, 0) is 9.53 Å². The first-order chi connectivity index (χ1) is 8.13. The van der Waals surface area contributed by atoms with Crippen LogP contribution in [0.2, 0.25) is 0 Å². The summed E-state index contributed by atoms with van der Waals surface area (Å²) in [7, 11) is 0. The minimum absolute atomic E-state index is 0.174. The lowest BCUT2D eigenvalue weighted by molar-refractivity contribution is -0.133. The van der Waals surface area contributed by atoms with Crippen LogP contribution in [-0.4, -0.2) is 66.6 Å². The van der Waals surface area contributed by atoms with Gasteiger partial charge < -0.3 is 15.4 Å². The van der Waals surface area contributed by atoms with E-state index in [1.807, 2.05) is 11.8 Å². The zero-order valence-electron chi connectivity index (χ0n) is 10.4. The molecule has 0 atom stereocenters. The third-order valence-electron chi connectivity index (χ3n) is 2.77. The van der Waals surface area contributed by atoms with Crippen LogP contribution in [0.4, 0.5) is 0 Å². The molecule has 1 fully saturated rings. The molecule has 0 bridgehead atoms. The molecule has 17 heavy (non-hydrogen) atoms. The summed E-state index contributed by atoms with van der Waals surface area (Å²) in [5.41, 5.74) is 5.49. The zero-order valence-corrected chi connectivity index (χ0v) is 11.2. The Morgan fingerprint density at radius 2 is 2.00 bits per heavy atom. The summed E-state index contributed by atoms with van der Waals surface area (Å²) in [6.45, 7) is 6.96. The summed E-state index contributed by atoms with van der Waals surface area (Å²) >= 11 is 4.87. The van der Waals surface area contributed by atoms with Crippen molar-refractivity contribution in [2.45, 2.75) is 13.3 Å². The van der Waals surface area contributed by atoms with E-state index in [-0.39, 0.29) is 5.91 Å². The van der Waals surface area contributed by atoms with Gasteiger partial charge in [-0.2, -0.15) is 0 Å². The van der Waals surface area contributed by atoms with Crippen molar-refractivity contribution < 1.29 is 9.53 Å².